The molecule has 4 N–H and O–H groups in total. The van der Waals surface area contributed by atoms with Crippen molar-refractivity contribution in [2.24, 2.45) is 0 Å². The van der Waals surface area contributed by atoms with E-state index in [1.807, 2.05) is 32.0 Å². The summed E-state index contributed by atoms with van der Waals surface area (Å²) in [6, 6.07) is 5.54. The largest absolute Gasteiger partial charge is 0.399 e. The maximum Gasteiger partial charge on any atom is 0.137 e. The van der Waals surface area contributed by atoms with Crippen LogP contribution in [0.25, 0.3) is 10.9 Å². The van der Waals surface area contributed by atoms with Gasteiger partial charge < -0.3 is 16.2 Å². The van der Waals surface area contributed by atoms with Gasteiger partial charge in [-0.3, -0.25) is 0 Å². The molecule has 1 aromatic heterocycles. The molecule has 0 fully saturated rings. The topological polar surface area (TPSA) is 84.1 Å². The van der Waals surface area contributed by atoms with Crippen molar-refractivity contribution in [1.82, 2.24) is 9.97 Å². The molecule has 5 nitrogen and oxygen atoms in total. The molecule has 0 spiro atoms. The Morgan fingerprint density at radius 2 is 2.00 bits per heavy atom. The van der Waals surface area contributed by atoms with Crippen LogP contribution in [0.1, 0.15) is 26.7 Å². The van der Waals surface area contributed by atoms with Gasteiger partial charge in [0.1, 0.15) is 12.1 Å². The molecule has 2 rings (SSSR count). The van der Waals surface area contributed by atoms with E-state index < -0.39 is 0 Å². The number of benzene rings is 1. The van der Waals surface area contributed by atoms with Gasteiger partial charge in [-0.15, -0.1) is 0 Å². The van der Waals surface area contributed by atoms with Crippen molar-refractivity contribution >= 4 is 22.4 Å². The summed E-state index contributed by atoms with van der Waals surface area (Å²) in [5.41, 5.74) is 6.98. The van der Waals surface area contributed by atoms with E-state index in [0.29, 0.717) is 5.69 Å². The summed E-state index contributed by atoms with van der Waals surface area (Å²) < 4.78 is 0. The van der Waals surface area contributed by atoms with Crippen LogP contribution in [0, 0.1) is 0 Å². The molecule has 1 heterocycles. The fraction of sp³-hybridized carbons (Fsp3) is 0.429. The van der Waals surface area contributed by atoms with Gasteiger partial charge in [-0.1, -0.05) is 13.8 Å². The average molecular weight is 260 g/mol. The van der Waals surface area contributed by atoms with Crippen LogP contribution in [0.5, 0.6) is 0 Å². The van der Waals surface area contributed by atoms with Crippen LogP contribution in [-0.2, 0) is 0 Å². The van der Waals surface area contributed by atoms with E-state index >= 15 is 0 Å². The van der Waals surface area contributed by atoms with E-state index in [9.17, 15) is 5.11 Å². The third-order valence-corrected chi connectivity index (χ3v) is 3.70. The number of nitrogens with two attached hydrogens (primary N) is 1. The Morgan fingerprint density at radius 3 is 2.63 bits per heavy atom. The molecule has 19 heavy (non-hydrogen) atoms. The van der Waals surface area contributed by atoms with Crippen molar-refractivity contribution in [3.05, 3.63) is 24.5 Å². The lowest BCUT2D eigenvalue weighted by Crippen LogP contribution is -2.41. The van der Waals surface area contributed by atoms with Crippen molar-refractivity contribution < 1.29 is 5.11 Å². The number of nitrogens with zero attached hydrogens (tertiary/aromatic N) is 2. The van der Waals surface area contributed by atoms with Gasteiger partial charge in [-0.25, -0.2) is 9.97 Å². The van der Waals surface area contributed by atoms with Gasteiger partial charge in [0.25, 0.3) is 0 Å². The molecular weight excluding hydrogens is 240 g/mol. The number of aliphatic hydroxyl groups is 1. The zero-order valence-corrected chi connectivity index (χ0v) is 11.3. The number of hydrogen-bond acceptors (Lipinski definition) is 5. The predicted octanol–water partition coefficient (Wildman–Crippen LogP) is 2.17. The van der Waals surface area contributed by atoms with Crippen molar-refractivity contribution in [1.29, 1.82) is 0 Å². The number of hydrogen-bond donors (Lipinski definition) is 3. The van der Waals surface area contributed by atoms with E-state index in [4.69, 9.17) is 5.73 Å². The van der Waals surface area contributed by atoms with Crippen molar-refractivity contribution in [3.63, 3.8) is 0 Å². The van der Waals surface area contributed by atoms with Gasteiger partial charge in [-0.2, -0.15) is 0 Å². The fourth-order valence-electron chi connectivity index (χ4n) is 2.11. The number of nitrogen functional groups attached to an aromatic ring is 1. The number of anilines is 2. The number of rotatable bonds is 5. The molecule has 0 bridgehead atoms. The third-order valence-electron chi connectivity index (χ3n) is 3.70. The molecule has 0 saturated carbocycles. The zero-order valence-electron chi connectivity index (χ0n) is 11.3. The summed E-state index contributed by atoms with van der Waals surface area (Å²) in [6.45, 7) is 4.16. The smallest absolute Gasteiger partial charge is 0.137 e. The molecule has 0 aliphatic heterocycles. The lowest BCUT2D eigenvalue weighted by molar-refractivity contribution is 0.202. The van der Waals surface area contributed by atoms with E-state index in [0.717, 1.165) is 29.6 Å². The lowest BCUT2D eigenvalue weighted by Gasteiger charge is -2.31. The van der Waals surface area contributed by atoms with Crippen LogP contribution in [-0.4, -0.2) is 27.2 Å². The van der Waals surface area contributed by atoms with Gasteiger partial charge in [0.05, 0.1) is 17.7 Å². The summed E-state index contributed by atoms with van der Waals surface area (Å²) in [5, 5.41) is 13.9. The van der Waals surface area contributed by atoms with Gasteiger partial charge in [-0.05, 0) is 31.0 Å². The highest BCUT2D eigenvalue weighted by atomic mass is 16.3. The fourth-order valence-corrected chi connectivity index (χ4v) is 2.11. The first-order valence-electron chi connectivity index (χ1n) is 6.53. The first-order chi connectivity index (χ1) is 9.14. The zero-order chi connectivity index (χ0) is 13.9. The Bertz CT molecular complexity index is 558. The SMILES string of the molecule is CCC(CC)(CO)Nc1ncnc2ccc(N)cc12. The summed E-state index contributed by atoms with van der Waals surface area (Å²) in [6.07, 6.45) is 3.15. The number of aliphatic hydroxyl groups excluding tert-OH is 1. The Morgan fingerprint density at radius 1 is 1.26 bits per heavy atom. The minimum atomic E-state index is -0.355. The maximum atomic E-state index is 9.63. The minimum absolute atomic E-state index is 0.0633. The molecule has 2 aromatic rings. The summed E-state index contributed by atoms with van der Waals surface area (Å²) in [7, 11) is 0. The summed E-state index contributed by atoms with van der Waals surface area (Å²) in [4.78, 5) is 8.51. The molecule has 102 valence electrons. The van der Waals surface area contributed by atoms with Gasteiger partial charge in [0.2, 0.25) is 0 Å². The Kier molecular flexibility index (Phi) is 3.85. The number of fused-ring (bicyclic) bond motifs is 1. The Hall–Kier alpha value is -1.88. The third kappa shape index (κ3) is 2.61. The van der Waals surface area contributed by atoms with Gasteiger partial charge >= 0.3 is 0 Å². The van der Waals surface area contributed by atoms with Crippen LogP contribution in [0.2, 0.25) is 0 Å². The van der Waals surface area contributed by atoms with Crippen LogP contribution in [0.15, 0.2) is 24.5 Å². The second-order valence-electron chi connectivity index (χ2n) is 4.77. The minimum Gasteiger partial charge on any atom is -0.399 e. The molecular formula is C14H20N4O. The molecule has 5 heteroatoms. The lowest BCUT2D eigenvalue weighted by atomic mass is 9.93. The van der Waals surface area contributed by atoms with E-state index in [1.54, 1.807) is 0 Å². The van der Waals surface area contributed by atoms with Gasteiger partial charge in [0, 0.05) is 11.1 Å². The first kappa shape index (κ1) is 13.5. The normalized spacial score (nSPS) is 11.7. The van der Waals surface area contributed by atoms with E-state index in [2.05, 4.69) is 15.3 Å². The van der Waals surface area contributed by atoms with Crippen LogP contribution in [0.4, 0.5) is 11.5 Å². The molecule has 0 amide bonds. The molecule has 0 atom stereocenters. The second-order valence-corrected chi connectivity index (χ2v) is 4.77. The Balaban J connectivity index is 2.47. The highest BCUT2D eigenvalue weighted by Crippen LogP contribution is 2.27. The number of aromatic nitrogens is 2. The van der Waals surface area contributed by atoms with Crippen LogP contribution in [0.3, 0.4) is 0 Å². The molecule has 0 unspecified atom stereocenters. The molecule has 1 aromatic carbocycles. The first-order valence-corrected chi connectivity index (χ1v) is 6.53. The van der Waals surface area contributed by atoms with Crippen molar-refractivity contribution in [2.45, 2.75) is 32.2 Å². The van der Waals surface area contributed by atoms with E-state index in [-0.39, 0.29) is 12.1 Å². The van der Waals surface area contributed by atoms with Gasteiger partial charge in [0.15, 0.2) is 0 Å². The monoisotopic (exact) mass is 260 g/mol. The van der Waals surface area contributed by atoms with Crippen molar-refractivity contribution in [2.75, 3.05) is 17.7 Å². The Labute approximate surface area is 112 Å². The predicted molar refractivity (Wildman–Crippen MR) is 78.0 cm³/mol. The summed E-state index contributed by atoms with van der Waals surface area (Å²) >= 11 is 0. The standard InChI is InChI=1S/C14H20N4O/c1-3-14(4-2,8-19)18-13-11-7-10(15)5-6-12(11)16-9-17-13/h5-7,9,19H,3-4,8,15H2,1-2H3,(H,16,17,18). The van der Waals surface area contributed by atoms with E-state index in [1.165, 1.54) is 6.33 Å². The molecule has 0 saturated heterocycles. The highest BCUT2D eigenvalue weighted by Gasteiger charge is 2.26. The maximum absolute atomic E-state index is 9.63. The average Bonchev–Trinajstić information content (AvgIpc) is 2.45. The van der Waals surface area contributed by atoms with Crippen LogP contribution < -0.4 is 11.1 Å². The highest BCUT2D eigenvalue weighted by molar-refractivity contribution is 5.91. The quantitative estimate of drug-likeness (QED) is 0.717. The molecule has 0 radical (unpaired) electrons. The molecule has 0 aliphatic carbocycles. The molecule has 0 aliphatic rings. The second kappa shape index (κ2) is 5.40. The van der Waals surface area contributed by atoms with Crippen molar-refractivity contribution in [3.8, 4) is 0 Å². The summed E-state index contributed by atoms with van der Waals surface area (Å²) in [5.74, 6) is 0.718. The van der Waals surface area contributed by atoms with Crippen LogP contribution >= 0.6 is 0 Å². The number of nitrogens with one attached hydrogen (secondary N) is 1.